The van der Waals surface area contributed by atoms with Gasteiger partial charge in [0.2, 0.25) is 0 Å². The van der Waals surface area contributed by atoms with Gasteiger partial charge in [0.05, 0.1) is 10.7 Å². The second-order valence-corrected chi connectivity index (χ2v) is 4.52. The predicted molar refractivity (Wildman–Crippen MR) is 67.9 cm³/mol. The summed E-state index contributed by atoms with van der Waals surface area (Å²) in [5.41, 5.74) is 0.623. The van der Waals surface area contributed by atoms with Crippen molar-refractivity contribution in [3.05, 3.63) is 29.3 Å². The van der Waals surface area contributed by atoms with Crippen molar-refractivity contribution in [1.29, 1.82) is 0 Å². The molecule has 2 amide bonds. The first-order valence-electron chi connectivity index (χ1n) is 5.32. The van der Waals surface area contributed by atoms with E-state index in [1.807, 2.05) is 19.1 Å². The number of carbonyl (C=O) groups excluding carboxylic acids is 1. The Balaban J connectivity index is 2.55. The number of benzene rings is 1. The fraction of sp³-hybridized carbons (Fsp3) is 0.417. The zero-order chi connectivity index (χ0) is 12.1. The van der Waals surface area contributed by atoms with E-state index in [0.717, 1.165) is 0 Å². The molecule has 0 saturated heterocycles. The van der Waals surface area contributed by atoms with Crippen LogP contribution < -0.4 is 10.6 Å². The van der Waals surface area contributed by atoms with Crippen molar-refractivity contribution in [1.82, 2.24) is 5.32 Å². The molecule has 16 heavy (non-hydrogen) atoms. The fourth-order valence-corrected chi connectivity index (χ4v) is 1.28. The van der Waals surface area contributed by atoms with Gasteiger partial charge in [-0.2, -0.15) is 0 Å². The molecule has 0 radical (unpaired) electrons. The van der Waals surface area contributed by atoms with Gasteiger partial charge < -0.3 is 10.6 Å². The fourth-order valence-electron chi connectivity index (χ4n) is 1.09. The lowest BCUT2D eigenvalue weighted by atomic mass is 10.1. The highest BCUT2D eigenvalue weighted by molar-refractivity contribution is 6.33. The quantitative estimate of drug-likeness (QED) is 0.834. The SMILES string of the molecule is CC(C)C(C)NC(=O)Nc1ccccc1Cl. The lowest BCUT2D eigenvalue weighted by molar-refractivity contribution is 0.246. The van der Waals surface area contributed by atoms with Crippen LogP contribution in [0.25, 0.3) is 0 Å². The van der Waals surface area contributed by atoms with Crippen LogP contribution in [-0.4, -0.2) is 12.1 Å². The van der Waals surface area contributed by atoms with E-state index in [2.05, 4.69) is 24.5 Å². The molecule has 1 aromatic rings. The first-order chi connectivity index (χ1) is 7.50. The first-order valence-corrected chi connectivity index (χ1v) is 5.70. The van der Waals surface area contributed by atoms with Crippen LogP contribution in [0.2, 0.25) is 5.02 Å². The molecular formula is C12H17ClN2O. The molecule has 88 valence electrons. The Morgan fingerprint density at radius 1 is 1.25 bits per heavy atom. The summed E-state index contributed by atoms with van der Waals surface area (Å²) >= 11 is 5.92. The average molecular weight is 241 g/mol. The smallest absolute Gasteiger partial charge is 0.319 e. The van der Waals surface area contributed by atoms with Gasteiger partial charge in [0.1, 0.15) is 0 Å². The van der Waals surface area contributed by atoms with Gasteiger partial charge in [0.25, 0.3) is 0 Å². The number of halogens is 1. The van der Waals surface area contributed by atoms with Crippen molar-refractivity contribution in [3.8, 4) is 0 Å². The van der Waals surface area contributed by atoms with Crippen molar-refractivity contribution >= 4 is 23.3 Å². The van der Waals surface area contributed by atoms with E-state index in [9.17, 15) is 4.79 Å². The number of nitrogens with one attached hydrogen (secondary N) is 2. The molecule has 0 aromatic heterocycles. The van der Waals surface area contributed by atoms with Crippen LogP contribution in [0.1, 0.15) is 20.8 Å². The van der Waals surface area contributed by atoms with Gasteiger partial charge in [0, 0.05) is 6.04 Å². The summed E-state index contributed by atoms with van der Waals surface area (Å²) < 4.78 is 0. The Kier molecular flexibility index (Phi) is 4.62. The zero-order valence-electron chi connectivity index (χ0n) is 9.75. The second kappa shape index (κ2) is 5.75. The van der Waals surface area contributed by atoms with E-state index >= 15 is 0 Å². The Morgan fingerprint density at radius 3 is 2.44 bits per heavy atom. The largest absolute Gasteiger partial charge is 0.335 e. The third-order valence-corrected chi connectivity index (χ3v) is 2.81. The molecule has 4 heteroatoms. The van der Waals surface area contributed by atoms with E-state index in [4.69, 9.17) is 11.6 Å². The minimum atomic E-state index is -0.227. The normalized spacial score (nSPS) is 12.3. The molecule has 0 fully saturated rings. The lowest BCUT2D eigenvalue weighted by Crippen LogP contribution is -2.39. The Labute approximate surface area is 101 Å². The Morgan fingerprint density at radius 2 is 1.88 bits per heavy atom. The molecule has 0 heterocycles. The lowest BCUT2D eigenvalue weighted by Gasteiger charge is -2.18. The maximum absolute atomic E-state index is 11.6. The molecule has 0 spiro atoms. The molecule has 1 atom stereocenters. The number of urea groups is 1. The van der Waals surface area contributed by atoms with Gasteiger partial charge in [-0.1, -0.05) is 37.6 Å². The van der Waals surface area contributed by atoms with Crippen LogP contribution in [0.3, 0.4) is 0 Å². The van der Waals surface area contributed by atoms with Crippen LogP contribution in [0.5, 0.6) is 0 Å². The average Bonchev–Trinajstić information content (AvgIpc) is 2.21. The summed E-state index contributed by atoms with van der Waals surface area (Å²) in [6.45, 7) is 6.08. The highest BCUT2D eigenvalue weighted by atomic mass is 35.5. The van der Waals surface area contributed by atoms with Crippen molar-refractivity contribution < 1.29 is 4.79 Å². The van der Waals surface area contributed by atoms with Gasteiger partial charge in [-0.15, -0.1) is 0 Å². The van der Waals surface area contributed by atoms with Crippen molar-refractivity contribution in [3.63, 3.8) is 0 Å². The summed E-state index contributed by atoms with van der Waals surface area (Å²) in [5, 5.41) is 6.10. The van der Waals surface area contributed by atoms with Crippen LogP contribution in [0.4, 0.5) is 10.5 Å². The highest BCUT2D eigenvalue weighted by Gasteiger charge is 2.11. The standard InChI is InChI=1S/C12H17ClN2O/c1-8(2)9(3)14-12(16)15-11-7-5-4-6-10(11)13/h4-9H,1-3H3,(H2,14,15,16). The topological polar surface area (TPSA) is 41.1 Å². The van der Waals surface area contributed by atoms with E-state index in [0.29, 0.717) is 16.6 Å². The summed E-state index contributed by atoms with van der Waals surface area (Å²) in [5.74, 6) is 0.400. The summed E-state index contributed by atoms with van der Waals surface area (Å²) in [6.07, 6.45) is 0. The molecule has 1 rings (SSSR count). The first kappa shape index (κ1) is 12.8. The predicted octanol–water partition coefficient (Wildman–Crippen LogP) is 3.51. The maximum Gasteiger partial charge on any atom is 0.319 e. The van der Waals surface area contributed by atoms with E-state index in [1.165, 1.54) is 0 Å². The molecule has 0 aliphatic rings. The molecule has 1 aromatic carbocycles. The summed E-state index contributed by atoms with van der Waals surface area (Å²) in [4.78, 5) is 11.6. The molecule has 0 bridgehead atoms. The summed E-state index contributed by atoms with van der Waals surface area (Å²) in [6, 6.07) is 7.05. The van der Waals surface area contributed by atoms with Gasteiger partial charge in [0.15, 0.2) is 0 Å². The molecule has 2 N–H and O–H groups in total. The number of carbonyl (C=O) groups is 1. The number of hydrogen-bond donors (Lipinski definition) is 2. The Bertz CT molecular complexity index is 366. The molecule has 3 nitrogen and oxygen atoms in total. The number of rotatable bonds is 3. The molecule has 0 saturated carbocycles. The third kappa shape index (κ3) is 3.74. The third-order valence-electron chi connectivity index (χ3n) is 2.48. The minimum Gasteiger partial charge on any atom is -0.335 e. The van der Waals surface area contributed by atoms with Gasteiger partial charge in [-0.25, -0.2) is 4.79 Å². The number of hydrogen-bond acceptors (Lipinski definition) is 1. The van der Waals surface area contributed by atoms with Crippen molar-refractivity contribution in [2.45, 2.75) is 26.8 Å². The minimum absolute atomic E-state index is 0.127. The highest BCUT2D eigenvalue weighted by Crippen LogP contribution is 2.20. The van der Waals surface area contributed by atoms with Gasteiger partial charge in [-0.3, -0.25) is 0 Å². The molecule has 0 aliphatic carbocycles. The van der Waals surface area contributed by atoms with Gasteiger partial charge in [-0.05, 0) is 25.0 Å². The van der Waals surface area contributed by atoms with Crippen LogP contribution in [-0.2, 0) is 0 Å². The van der Waals surface area contributed by atoms with Crippen LogP contribution >= 0.6 is 11.6 Å². The molecular weight excluding hydrogens is 224 g/mol. The number of amides is 2. The second-order valence-electron chi connectivity index (χ2n) is 4.11. The monoisotopic (exact) mass is 240 g/mol. The summed E-state index contributed by atoms with van der Waals surface area (Å²) in [7, 11) is 0. The van der Waals surface area contributed by atoms with Gasteiger partial charge >= 0.3 is 6.03 Å². The molecule has 1 unspecified atom stereocenters. The Hall–Kier alpha value is -1.22. The van der Waals surface area contributed by atoms with Crippen LogP contribution in [0, 0.1) is 5.92 Å². The zero-order valence-corrected chi connectivity index (χ0v) is 10.5. The van der Waals surface area contributed by atoms with E-state index in [1.54, 1.807) is 12.1 Å². The van der Waals surface area contributed by atoms with E-state index in [-0.39, 0.29) is 12.1 Å². The number of para-hydroxylation sites is 1. The molecule has 0 aliphatic heterocycles. The van der Waals surface area contributed by atoms with E-state index < -0.39 is 0 Å². The van der Waals surface area contributed by atoms with Crippen molar-refractivity contribution in [2.24, 2.45) is 5.92 Å². The van der Waals surface area contributed by atoms with Crippen molar-refractivity contribution in [2.75, 3.05) is 5.32 Å². The van der Waals surface area contributed by atoms with Crippen LogP contribution in [0.15, 0.2) is 24.3 Å². The number of anilines is 1. The maximum atomic E-state index is 11.6.